The molecule has 0 fully saturated rings. The average molecular weight is 329 g/mol. The number of ether oxygens (including phenoxy) is 3. The monoisotopic (exact) mass is 329 g/mol. The molecule has 0 unspecified atom stereocenters. The maximum absolute atomic E-state index is 12.3. The minimum absolute atomic E-state index is 0.00814. The largest absolute Gasteiger partial charge is 0.493 e. The quantitative estimate of drug-likeness (QED) is 0.697. The first-order valence-electron chi connectivity index (χ1n) is 7.65. The Morgan fingerprint density at radius 3 is 2.08 bits per heavy atom. The van der Waals surface area contributed by atoms with Crippen molar-refractivity contribution in [3.63, 3.8) is 0 Å². The molecule has 0 heterocycles. The van der Waals surface area contributed by atoms with Crippen molar-refractivity contribution < 1.29 is 19.0 Å². The SMILES string of the molecule is COc1cc(C(=O)CN(C)C)cc(OC)c1OCc1ccccc1. The predicted octanol–water partition coefficient (Wildman–Crippen LogP) is 3.03. The van der Waals surface area contributed by atoms with E-state index in [2.05, 4.69) is 0 Å². The third kappa shape index (κ3) is 4.49. The molecule has 5 heteroatoms. The maximum atomic E-state index is 12.3. The van der Waals surface area contributed by atoms with Crippen molar-refractivity contribution in [3.05, 3.63) is 53.6 Å². The normalized spacial score (nSPS) is 10.5. The Kier molecular flexibility index (Phi) is 6.21. The van der Waals surface area contributed by atoms with Gasteiger partial charge in [0.15, 0.2) is 17.3 Å². The van der Waals surface area contributed by atoms with Crippen LogP contribution < -0.4 is 14.2 Å². The standard InChI is InChI=1S/C19H23NO4/c1-20(2)12-16(21)15-10-17(22-3)19(18(11-15)23-4)24-13-14-8-6-5-7-9-14/h5-11H,12-13H2,1-4H3. The van der Waals surface area contributed by atoms with Gasteiger partial charge < -0.3 is 19.1 Å². The van der Waals surface area contributed by atoms with Crippen LogP contribution in [0.1, 0.15) is 15.9 Å². The van der Waals surface area contributed by atoms with Gasteiger partial charge in [0.1, 0.15) is 6.61 Å². The van der Waals surface area contributed by atoms with E-state index in [1.165, 1.54) is 0 Å². The summed E-state index contributed by atoms with van der Waals surface area (Å²) < 4.78 is 16.7. The lowest BCUT2D eigenvalue weighted by molar-refractivity contribution is 0.0957. The molecule has 0 radical (unpaired) electrons. The van der Waals surface area contributed by atoms with Crippen LogP contribution in [0.2, 0.25) is 0 Å². The Labute approximate surface area is 142 Å². The molecule has 0 aliphatic heterocycles. The van der Waals surface area contributed by atoms with Gasteiger partial charge in [-0.2, -0.15) is 0 Å². The van der Waals surface area contributed by atoms with Crippen molar-refractivity contribution in [2.24, 2.45) is 0 Å². The highest BCUT2D eigenvalue weighted by Gasteiger charge is 2.18. The van der Waals surface area contributed by atoms with Crippen molar-refractivity contribution in [1.82, 2.24) is 4.90 Å². The lowest BCUT2D eigenvalue weighted by Crippen LogP contribution is -2.21. The molecular weight excluding hydrogens is 306 g/mol. The number of ketones is 1. The van der Waals surface area contributed by atoms with Gasteiger partial charge in [0.2, 0.25) is 5.75 Å². The summed E-state index contributed by atoms with van der Waals surface area (Å²) in [5.74, 6) is 1.44. The lowest BCUT2D eigenvalue weighted by atomic mass is 10.1. The highest BCUT2D eigenvalue weighted by molar-refractivity contribution is 5.98. The van der Waals surface area contributed by atoms with Crippen LogP contribution in [-0.2, 0) is 6.61 Å². The van der Waals surface area contributed by atoms with Gasteiger partial charge >= 0.3 is 0 Å². The van der Waals surface area contributed by atoms with Gasteiger partial charge in [0, 0.05) is 5.56 Å². The molecule has 24 heavy (non-hydrogen) atoms. The number of likely N-dealkylation sites (N-methyl/N-ethyl adjacent to an activating group) is 1. The van der Waals surface area contributed by atoms with Crippen LogP contribution in [0, 0.1) is 0 Å². The summed E-state index contributed by atoms with van der Waals surface area (Å²) in [6.45, 7) is 0.703. The Morgan fingerprint density at radius 1 is 1.00 bits per heavy atom. The molecular formula is C19H23NO4. The number of hydrogen-bond acceptors (Lipinski definition) is 5. The van der Waals surface area contributed by atoms with Gasteiger partial charge in [0.05, 0.1) is 20.8 Å². The van der Waals surface area contributed by atoms with Crippen molar-refractivity contribution in [2.75, 3.05) is 34.9 Å². The Hall–Kier alpha value is -2.53. The Morgan fingerprint density at radius 2 is 1.58 bits per heavy atom. The summed E-state index contributed by atoms with van der Waals surface area (Å²) in [6.07, 6.45) is 0. The first-order chi connectivity index (χ1) is 11.5. The summed E-state index contributed by atoms with van der Waals surface area (Å²) in [7, 11) is 6.79. The minimum atomic E-state index is -0.00814. The van der Waals surface area contributed by atoms with Crippen LogP contribution in [0.15, 0.2) is 42.5 Å². The fourth-order valence-corrected chi connectivity index (χ4v) is 2.29. The van der Waals surface area contributed by atoms with Crippen molar-refractivity contribution in [3.8, 4) is 17.2 Å². The number of nitrogens with zero attached hydrogens (tertiary/aromatic N) is 1. The van der Waals surface area contributed by atoms with E-state index in [0.29, 0.717) is 36.0 Å². The number of Topliss-reactive ketones (excluding diaryl/α,β-unsaturated/α-hetero) is 1. The van der Waals surface area contributed by atoms with Crippen molar-refractivity contribution >= 4 is 5.78 Å². The first kappa shape index (κ1) is 17.8. The van der Waals surface area contributed by atoms with Crippen LogP contribution in [0.4, 0.5) is 0 Å². The van der Waals surface area contributed by atoms with E-state index in [-0.39, 0.29) is 5.78 Å². The number of benzene rings is 2. The topological polar surface area (TPSA) is 48.0 Å². The highest BCUT2D eigenvalue weighted by Crippen LogP contribution is 2.39. The van der Waals surface area contributed by atoms with Crippen LogP contribution >= 0.6 is 0 Å². The molecule has 0 amide bonds. The van der Waals surface area contributed by atoms with Gasteiger partial charge in [-0.1, -0.05) is 30.3 Å². The number of carbonyl (C=O) groups is 1. The van der Waals surface area contributed by atoms with Gasteiger partial charge in [-0.05, 0) is 31.8 Å². The minimum Gasteiger partial charge on any atom is -0.493 e. The van der Waals surface area contributed by atoms with Gasteiger partial charge in [-0.15, -0.1) is 0 Å². The van der Waals surface area contributed by atoms with Crippen LogP contribution in [0.25, 0.3) is 0 Å². The van der Waals surface area contributed by atoms with E-state index < -0.39 is 0 Å². The molecule has 2 rings (SSSR count). The molecule has 0 aliphatic rings. The van der Waals surface area contributed by atoms with Crippen molar-refractivity contribution in [2.45, 2.75) is 6.61 Å². The van der Waals surface area contributed by atoms with Crippen LogP contribution in [0.5, 0.6) is 17.2 Å². The number of methoxy groups -OCH3 is 2. The molecule has 0 saturated carbocycles. The third-order valence-corrected chi connectivity index (χ3v) is 3.47. The second-order valence-corrected chi connectivity index (χ2v) is 5.65. The zero-order valence-electron chi connectivity index (χ0n) is 14.5. The van der Waals surface area contributed by atoms with E-state index in [1.807, 2.05) is 49.3 Å². The maximum Gasteiger partial charge on any atom is 0.203 e. The smallest absolute Gasteiger partial charge is 0.203 e. The van der Waals surface area contributed by atoms with E-state index in [1.54, 1.807) is 26.4 Å². The van der Waals surface area contributed by atoms with Crippen molar-refractivity contribution in [1.29, 1.82) is 0 Å². The number of hydrogen-bond donors (Lipinski definition) is 0. The first-order valence-corrected chi connectivity index (χ1v) is 7.65. The van der Waals surface area contributed by atoms with Gasteiger partial charge in [-0.25, -0.2) is 0 Å². The zero-order chi connectivity index (χ0) is 17.5. The Balaban J connectivity index is 2.28. The average Bonchev–Trinajstić information content (AvgIpc) is 2.59. The summed E-state index contributed by atoms with van der Waals surface area (Å²) in [4.78, 5) is 14.1. The molecule has 2 aromatic rings. The molecule has 0 atom stereocenters. The van der Waals surface area contributed by atoms with E-state index >= 15 is 0 Å². The fraction of sp³-hybridized carbons (Fsp3) is 0.316. The molecule has 2 aromatic carbocycles. The predicted molar refractivity (Wildman–Crippen MR) is 93.2 cm³/mol. The molecule has 0 spiro atoms. The third-order valence-electron chi connectivity index (χ3n) is 3.47. The molecule has 0 aromatic heterocycles. The van der Waals surface area contributed by atoms with E-state index in [4.69, 9.17) is 14.2 Å². The molecule has 0 aliphatic carbocycles. The molecule has 128 valence electrons. The summed E-state index contributed by atoms with van der Waals surface area (Å²) >= 11 is 0. The number of carbonyl (C=O) groups excluding carboxylic acids is 1. The zero-order valence-corrected chi connectivity index (χ0v) is 14.5. The second kappa shape index (κ2) is 8.36. The highest BCUT2D eigenvalue weighted by atomic mass is 16.5. The Bertz CT molecular complexity index is 658. The van der Waals surface area contributed by atoms with Crippen LogP contribution in [0.3, 0.4) is 0 Å². The number of rotatable bonds is 8. The summed E-state index contributed by atoms with van der Waals surface area (Å²) in [5.41, 5.74) is 1.57. The molecule has 0 saturated heterocycles. The molecule has 5 nitrogen and oxygen atoms in total. The lowest BCUT2D eigenvalue weighted by Gasteiger charge is -2.16. The fourth-order valence-electron chi connectivity index (χ4n) is 2.29. The molecule has 0 N–H and O–H groups in total. The van der Waals surface area contributed by atoms with E-state index in [9.17, 15) is 4.79 Å². The van der Waals surface area contributed by atoms with Gasteiger partial charge in [0.25, 0.3) is 0 Å². The summed E-state index contributed by atoms with van der Waals surface area (Å²) in [5, 5.41) is 0. The van der Waals surface area contributed by atoms with Gasteiger partial charge in [-0.3, -0.25) is 4.79 Å². The molecule has 0 bridgehead atoms. The second-order valence-electron chi connectivity index (χ2n) is 5.65. The summed E-state index contributed by atoms with van der Waals surface area (Å²) in [6, 6.07) is 13.2. The van der Waals surface area contributed by atoms with E-state index in [0.717, 1.165) is 5.56 Å². The van der Waals surface area contributed by atoms with Crippen LogP contribution in [-0.4, -0.2) is 45.5 Å².